The smallest absolute Gasteiger partial charge is 0.223 e. The van der Waals surface area contributed by atoms with E-state index in [9.17, 15) is 5.26 Å². The maximum absolute atomic E-state index is 9.75. The molecule has 0 radical (unpaired) electrons. The van der Waals surface area contributed by atoms with E-state index in [1.54, 1.807) is 0 Å². The lowest BCUT2D eigenvalue weighted by atomic mass is 9.99. The average Bonchev–Trinajstić information content (AvgIpc) is 3.58. The van der Waals surface area contributed by atoms with Crippen LogP contribution in [0.25, 0.3) is 61.3 Å². The van der Waals surface area contributed by atoms with Crippen molar-refractivity contribution in [3.8, 4) is 17.2 Å². The monoisotopic (exact) mass is 422 g/mol. The van der Waals surface area contributed by atoms with Crippen molar-refractivity contribution in [1.29, 1.82) is 5.26 Å². The first-order valence-corrected chi connectivity index (χ1v) is 10.8. The zero-order chi connectivity index (χ0) is 21.7. The summed E-state index contributed by atoms with van der Waals surface area (Å²) in [5, 5.41) is 9.75. The Balaban J connectivity index is 1.69. The van der Waals surface area contributed by atoms with Crippen LogP contribution < -0.4 is 0 Å². The Kier molecular flexibility index (Phi) is 2.88. The Bertz CT molecular complexity index is 1980. The minimum atomic E-state index is 0.656. The topological polar surface area (TPSA) is 62.8 Å². The highest BCUT2D eigenvalue weighted by molar-refractivity contribution is 6.06. The minimum absolute atomic E-state index is 0.656. The molecule has 0 aliphatic carbocycles. The summed E-state index contributed by atoms with van der Waals surface area (Å²) in [6.07, 6.45) is 0. The average molecular weight is 422 g/mol. The quantitative estimate of drug-likeness (QED) is 0.342. The van der Waals surface area contributed by atoms with E-state index in [4.69, 9.17) is 9.97 Å². The second-order valence-electron chi connectivity index (χ2n) is 8.33. The normalized spacial score (nSPS) is 12.2. The molecule has 6 nitrogen and oxygen atoms in total. The Morgan fingerprint density at radius 2 is 1.15 bits per heavy atom. The van der Waals surface area contributed by atoms with Crippen LogP contribution in [0.4, 0.5) is 0 Å². The molecule has 4 aromatic carbocycles. The number of imidazole rings is 4. The molecule has 33 heavy (non-hydrogen) atoms. The zero-order valence-corrected chi connectivity index (χ0v) is 17.3. The summed E-state index contributed by atoms with van der Waals surface area (Å²) >= 11 is 0. The molecule has 8 rings (SSSR count). The van der Waals surface area contributed by atoms with Crippen LogP contribution in [0.15, 0.2) is 84.9 Å². The standard InChI is InChI=1S/C27H14N6/c28-15-16-7-1-2-8-18(16)17-13-23-25-24(14-17)32-22-12-6-4-10-20(22)30-27(32)33(25)26-29-19-9-3-5-11-21(19)31(23)26/h1-14H. The van der Waals surface area contributed by atoms with Crippen molar-refractivity contribution in [2.45, 2.75) is 0 Å². The molecule has 4 heterocycles. The van der Waals surface area contributed by atoms with Crippen molar-refractivity contribution >= 4 is 50.2 Å². The third kappa shape index (κ3) is 1.93. The molecule has 0 aliphatic rings. The molecule has 8 aromatic rings. The molecule has 4 aromatic heterocycles. The number of nitrogens with zero attached hydrogens (tertiary/aromatic N) is 6. The molecule has 0 spiro atoms. The predicted molar refractivity (Wildman–Crippen MR) is 129 cm³/mol. The SMILES string of the molecule is N#Cc1ccccc1-c1cc2c3c(c1)n1c4ccccc4nc1n3c1nc3ccccc3n21. The van der Waals surface area contributed by atoms with Gasteiger partial charge in [0.15, 0.2) is 0 Å². The van der Waals surface area contributed by atoms with E-state index in [1.165, 1.54) is 0 Å². The molecule has 0 saturated heterocycles. The molecule has 0 N–H and O–H groups in total. The van der Waals surface area contributed by atoms with Crippen LogP contribution in [0, 0.1) is 11.3 Å². The van der Waals surface area contributed by atoms with Crippen LogP contribution in [-0.2, 0) is 0 Å². The highest BCUT2D eigenvalue weighted by atomic mass is 15.3. The van der Waals surface area contributed by atoms with E-state index in [0.717, 1.165) is 61.3 Å². The van der Waals surface area contributed by atoms with Gasteiger partial charge in [-0.1, -0.05) is 42.5 Å². The van der Waals surface area contributed by atoms with Crippen molar-refractivity contribution in [3.63, 3.8) is 0 Å². The second-order valence-corrected chi connectivity index (χ2v) is 8.33. The lowest BCUT2D eigenvalue weighted by Gasteiger charge is -2.06. The second kappa shape index (κ2) is 5.67. The maximum atomic E-state index is 9.75. The Morgan fingerprint density at radius 1 is 0.606 bits per heavy atom. The predicted octanol–water partition coefficient (Wildman–Crippen LogP) is 5.67. The van der Waals surface area contributed by atoms with Gasteiger partial charge in [0, 0.05) is 0 Å². The summed E-state index contributed by atoms with van der Waals surface area (Å²) in [4.78, 5) is 9.96. The van der Waals surface area contributed by atoms with E-state index in [2.05, 4.69) is 43.5 Å². The van der Waals surface area contributed by atoms with Crippen LogP contribution in [0.2, 0.25) is 0 Å². The summed E-state index contributed by atoms with van der Waals surface area (Å²) in [7, 11) is 0. The number of hydrogen-bond donors (Lipinski definition) is 0. The van der Waals surface area contributed by atoms with Crippen molar-refractivity contribution in [1.82, 2.24) is 23.2 Å². The summed E-state index contributed by atoms with van der Waals surface area (Å²) in [6.45, 7) is 0. The highest BCUT2D eigenvalue weighted by Gasteiger charge is 2.24. The maximum Gasteiger partial charge on any atom is 0.223 e. The minimum Gasteiger partial charge on any atom is -0.276 e. The van der Waals surface area contributed by atoms with Gasteiger partial charge in [-0.05, 0) is 53.6 Å². The molecule has 0 bridgehead atoms. The summed E-state index contributed by atoms with van der Waals surface area (Å²) in [6, 6.07) is 30.8. The Labute approximate surface area is 186 Å². The largest absolute Gasteiger partial charge is 0.276 e. The fourth-order valence-electron chi connectivity index (χ4n) is 5.25. The number of aromatic nitrogens is 5. The van der Waals surface area contributed by atoms with E-state index in [1.807, 2.05) is 60.7 Å². The van der Waals surface area contributed by atoms with Gasteiger partial charge in [-0.25, -0.2) is 14.4 Å². The van der Waals surface area contributed by atoms with Gasteiger partial charge < -0.3 is 0 Å². The van der Waals surface area contributed by atoms with Gasteiger partial charge in [0.1, 0.15) is 5.52 Å². The van der Waals surface area contributed by atoms with Crippen LogP contribution in [-0.4, -0.2) is 23.2 Å². The van der Waals surface area contributed by atoms with Gasteiger partial charge in [-0.15, -0.1) is 0 Å². The fourth-order valence-corrected chi connectivity index (χ4v) is 5.25. The lowest BCUT2D eigenvalue weighted by molar-refractivity contribution is 1.15. The van der Waals surface area contributed by atoms with E-state index in [-0.39, 0.29) is 0 Å². The number of benzene rings is 4. The van der Waals surface area contributed by atoms with Gasteiger partial charge >= 0.3 is 0 Å². The summed E-state index contributed by atoms with van der Waals surface area (Å²) in [5.41, 5.74) is 9.74. The lowest BCUT2D eigenvalue weighted by Crippen LogP contribution is -1.89. The molecule has 6 heteroatoms. The van der Waals surface area contributed by atoms with Gasteiger partial charge in [0.05, 0.1) is 44.7 Å². The molecule has 0 fully saturated rings. The molecule has 0 aliphatic heterocycles. The van der Waals surface area contributed by atoms with Crippen molar-refractivity contribution in [2.75, 3.05) is 0 Å². The first kappa shape index (κ1) is 16.8. The van der Waals surface area contributed by atoms with Crippen LogP contribution in [0.5, 0.6) is 0 Å². The Morgan fingerprint density at radius 3 is 1.76 bits per heavy atom. The van der Waals surface area contributed by atoms with E-state index in [0.29, 0.717) is 5.56 Å². The molecule has 152 valence electrons. The number of nitriles is 1. The van der Waals surface area contributed by atoms with E-state index < -0.39 is 0 Å². The van der Waals surface area contributed by atoms with Crippen molar-refractivity contribution < 1.29 is 0 Å². The van der Waals surface area contributed by atoms with Gasteiger partial charge in [0.25, 0.3) is 0 Å². The summed E-state index contributed by atoms with van der Waals surface area (Å²) < 4.78 is 6.57. The number of para-hydroxylation sites is 4. The number of hydrogen-bond acceptors (Lipinski definition) is 3. The van der Waals surface area contributed by atoms with Crippen LogP contribution in [0.1, 0.15) is 5.56 Å². The molecule has 0 amide bonds. The molecule has 0 atom stereocenters. The molecular weight excluding hydrogens is 408 g/mol. The first-order valence-electron chi connectivity index (χ1n) is 10.8. The Hall–Kier alpha value is -4.89. The zero-order valence-electron chi connectivity index (χ0n) is 17.3. The third-order valence-corrected chi connectivity index (χ3v) is 6.62. The third-order valence-electron chi connectivity index (χ3n) is 6.62. The van der Waals surface area contributed by atoms with E-state index >= 15 is 0 Å². The fraction of sp³-hybridized carbons (Fsp3) is 0. The van der Waals surface area contributed by atoms with Gasteiger partial charge in [0.2, 0.25) is 11.6 Å². The van der Waals surface area contributed by atoms with Crippen LogP contribution in [0.3, 0.4) is 0 Å². The summed E-state index contributed by atoms with van der Waals surface area (Å²) in [5.74, 6) is 1.68. The molecule has 0 unspecified atom stereocenters. The molecular formula is C27H14N6. The molecule has 0 saturated carbocycles. The van der Waals surface area contributed by atoms with Crippen molar-refractivity contribution in [3.05, 3.63) is 90.5 Å². The number of rotatable bonds is 1. The number of fused-ring (bicyclic) bond motifs is 10. The van der Waals surface area contributed by atoms with Gasteiger partial charge in [-0.2, -0.15) is 5.26 Å². The first-order chi connectivity index (χ1) is 16.3. The van der Waals surface area contributed by atoms with Crippen LogP contribution >= 0.6 is 0 Å². The van der Waals surface area contributed by atoms with Gasteiger partial charge in [-0.3, -0.25) is 8.80 Å². The van der Waals surface area contributed by atoms with Crippen molar-refractivity contribution in [2.24, 2.45) is 0 Å². The highest BCUT2D eigenvalue weighted by Crippen LogP contribution is 2.37.